The van der Waals surface area contributed by atoms with Crippen molar-refractivity contribution in [3.8, 4) is 5.75 Å². The lowest BCUT2D eigenvalue weighted by molar-refractivity contribution is 0.0960. The third-order valence-corrected chi connectivity index (χ3v) is 8.68. The molecule has 0 radical (unpaired) electrons. The van der Waals surface area contributed by atoms with Crippen molar-refractivity contribution >= 4 is 27.3 Å². The molecule has 0 saturated carbocycles. The number of aromatic hydroxyl groups is 1. The first-order chi connectivity index (χ1) is 19.2. The topological polar surface area (TPSA) is 116 Å². The maximum atomic E-state index is 13.2. The third kappa shape index (κ3) is 7.08. The molecule has 4 aromatic carbocycles. The molecule has 1 amide bonds. The molecule has 4 rings (SSSR count). The van der Waals surface area contributed by atoms with E-state index in [9.17, 15) is 23.4 Å². The van der Waals surface area contributed by atoms with E-state index in [1.54, 1.807) is 24.3 Å². The predicted molar refractivity (Wildman–Crippen MR) is 155 cm³/mol. The highest BCUT2D eigenvalue weighted by Crippen LogP contribution is 2.27. The summed E-state index contributed by atoms with van der Waals surface area (Å²) in [5, 5.41) is 27.5. The standard InChI is InChI=1S/C31H31ClN2O5S/c1-33-31(37)27-20-26(14-15-29(27)35)40(38,39)25-12-10-21(11-13-25)16-17-34-28(18-22-6-3-2-4-7-22)30(36)23-8-5-9-24(32)19-23/h2-15,19-20,28,30,34-36H,16-18H2,1H3,(H,33,37)/t28?,30-/m1/s1. The second kappa shape index (κ2) is 13.1. The highest BCUT2D eigenvalue weighted by Gasteiger charge is 2.23. The molecule has 0 heterocycles. The lowest BCUT2D eigenvalue weighted by atomic mass is 9.96. The lowest BCUT2D eigenvalue weighted by Gasteiger charge is -2.25. The predicted octanol–water partition coefficient (Wildman–Crippen LogP) is 4.72. The van der Waals surface area contributed by atoms with Gasteiger partial charge in [-0.25, -0.2) is 8.42 Å². The lowest BCUT2D eigenvalue weighted by Crippen LogP contribution is -2.38. The number of sulfone groups is 1. The fourth-order valence-electron chi connectivity index (χ4n) is 4.46. The Morgan fingerprint density at radius 2 is 1.57 bits per heavy atom. The molecular weight excluding hydrogens is 548 g/mol. The van der Waals surface area contributed by atoms with Gasteiger partial charge in [0.05, 0.1) is 21.5 Å². The number of carbonyl (C=O) groups is 1. The van der Waals surface area contributed by atoms with Crippen LogP contribution in [0.5, 0.6) is 5.75 Å². The summed E-state index contributed by atoms with van der Waals surface area (Å²) in [7, 11) is -2.50. The third-order valence-electron chi connectivity index (χ3n) is 6.67. The molecule has 208 valence electrons. The van der Waals surface area contributed by atoms with Crippen molar-refractivity contribution in [1.82, 2.24) is 10.6 Å². The molecule has 0 saturated heterocycles. The number of hydrogen-bond donors (Lipinski definition) is 4. The van der Waals surface area contributed by atoms with E-state index in [1.807, 2.05) is 42.5 Å². The molecule has 0 bridgehead atoms. The van der Waals surface area contributed by atoms with Crippen LogP contribution in [-0.4, -0.2) is 44.2 Å². The number of benzene rings is 4. The fraction of sp³-hybridized carbons (Fsp3) is 0.194. The van der Waals surface area contributed by atoms with Crippen LogP contribution in [0, 0.1) is 0 Å². The molecule has 0 aromatic heterocycles. The average Bonchev–Trinajstić information content (AvgIpc) is 2.97. The summed E-state index contributed by atoms with van der Waals surface area (Å²) >= 11 is 6.15. The van der Waals surface area contributed by atoms with Gasteiger partial charge in [0, 0.05) is 18.1 Å². The molecule has 0 spiro atoms. The van der Waals surface area contributed by atoms with E-state index < -0.39 is 21.8 Å². The van der Waals surface area contributed by atoms with Crippen LogP contribution in [0.4, 0.5) is 0 Å². The van der Waals surface area contributed by atoms with Crippen LogP contribution in [0.3, 0.4) is 0 Å². The SMILES string of the molecule is CNC(=O)c1cc(S(=O)(=O)c2ccc(CCNC(Cc3ccccc3)[C@H](O)c3cccc(Cl)c3)cc2)ccc1O. The zero-order valence-electron chi connectivity index (χ0n) is 21.9. The first-order valence-electron chi connectivity index (χ1n) is 12.8. The summed E-state index contributed by atoms with van der Waals surface area (Å²) < 4.78 is 26.3. The average molecular weight is 579 g/mol. The highest BCUT2D eigenvalue weighted by atomic mass is 35.5. The molecule has 0 aliphatic rings. The Hall–Kier alpha value is -3.69. The summed E-state index contributed by atoms with van der Waals surface area (Å²) in [6.45, 7) is 0.550. The van der Waals surface area contributed by atoms with Crippen molar-refractivity contribution in [2.45, 2.75) is 34.8 Å². The Labute approximate surface area is 239 Å². The normalized spacial score (nSPS) is 13.0. The number of halogens is 1. The van der Waals surface area contributed by atoms with Crippen LogP contribution < -0.4 is 10.6 Å². The molecule has 0 aliphatic heterocycles. The molecule has 4 aromatic rings. The van der Waals surface area contributed by atoms with E-state index in [2.05, 4.69) is 10.6 Å². The van der Waals surface area contributed by atoms with Gasteiger partial charge >= 0.3 is 0 Å². The van der Waals surface area contributed by atoms with Crippen LogP contribution in [0.2, 0.25) is 5.02 Å². The summed E-state index contributed by atoms with van der Waals surface area (Å²) in [6, 6.07) is 27.0. The number of phenols is 1. The van der Waals surface area contributed by atoms with E-state index >= 15 is 0 Å². The van der Waals surface area contributed by atoms with Gasteiger partial charge in [0.25, 0.3) is 5.91 Å². The minimum Gasteiger partial charge on any atom is -0.507 e. The second-order valence-corrected chi connectivity index (χ2v) is 11.8. The van der Waals surface area contributed by atoms with Crippen molar-refractivity contribution in [2.75, 3.05) is 13.6 Å². The number of aliphatic hydroxyl groups is 1. The van der Waals surface area contributed by atoms with Crippen molar-refractivity contribution < 1.29 is 23.4 Å². The summed E-state index contributed by atoms with van der Waals surface area (Å²) in [5.74, 6) is -0.879. The number of carbonyl (C=O) groups excluding carboxylic acids is 1. The first-order valence-corrected chi connectivity index (χ1v) is 14.6. The van der Waals surface area contributed by atoms with Gasteiger partial charge in [0.15, 0.2) is 0 Å². The number of rotatable bonds is 11. The highest BCUT2D eigenvalue weighted by molar-refractivity contribution is 7.91. The zero-order valence-corrected chi connectivity index (χ0v) is 23.5. The minimum absolute atomic E-state index is 0.0797. The maximum absolute atomic E-state index is 13.2. The van der Waals surface area contributed by atoms with E-state index in [-0.39, 0.29) is 27.1 Å². The Morgan fingerprint density at radius 3 is 2.25 bits per heavy atom. The van der Waals surface area contributed by atoms with Gasteiger partial charge in [-0.15, -0.1) is 0 Å². The minimum atomic E-state index is -3.90. The summed E-state index contributed by atoms with van der Waals surface area (Å²) in [5.41, 5.74) is 2.61. The van der Waals surface area contributed by atoms with Gasteiger partial charge in [0.2, 0.25) is 9.84 Å². The van der Waals surface area contributed by atoms with E-state index in [4.69, 9.17) is 11.6 Å². The second-order valence-electron chi connectivity index (χ2n) is 9.41. The van der Waals surface area contributed by atoms with E-state index in [0.29, 0.717) is 24.4 Å². The first kappa shape index (κ1) is 29.3. The Bertz CT molecular complexity index is 1560. The molecule has 7 nitrogen and oxygen atoms in total. The summed E-state index contributed by atoms with van der Waals surface area (Å²) in [4.78, 5) is 12.0. The van der Waals surface area contributed by atoms with Crippen molar-refractivity contribution in [3.05, 3.63) is 124 Å². The van der Waals surface area contributed by atoms with E-state index in [1.165, 1.54) is 37.4 Å². The maximum Gasteiger partial charge on any atom is 0.254 e. The number of phenolic OH excluding ortho intramolecular Hbond substituents is 1. The molecular formula is C31H31ClN2O5S. The van der Waals surface area contributed by atoms with Crippen LogP contribution in [0.25, 0.3) is 0 Å². The summed E-state index contributed by atoms with van der Waals surface area (Å²) in [6.07, 6.45) is 0.431. The number of amides is 1. The number of aliphatic hydroxyl groups excluding tert-OH is 1. The van der Waals surface area contributed by atoms with Gasteiger partial charge in [-0.3, -0.25) is 4.79 Å². The van der Waals surface area contributed by atoms with Crippen molar-refractivity contribution in [1.29, 1.82) is 0 Å². The Kier molecular flexibility index (Phi) is 9.60. The molecule has 4 N–H and O–H groups in total. The van der Waals surface area contributed by atoms with Gasteiger partial charge in [0.1, 0.15) is 5.75 Å². The number of hydrogen-bond acceptors (Lipinski definition) is 6. The number of nitrogens with one attached hydrogen (secondary N) is 2. The molecule has 0 fully saturated rings. The Morgan fingerprint density at radius 1 is 0.875 bits per heavy atom. The fourth-order valence-corrected chi connectivity index (χ4v) is 5.94. The Balaban J connectivity index is 1.45. The molecule has 40 heavy (non-hydrogen) atoms. The van der Waals surface area contributed by atoms with Crippen molar-refractivity contribution in [2.24, 2.45) is 0 Å². The van der Waals surface area contributed by atoms with Gasteiger partial charge in [-0.2, -0.15) is 0 Å². The molecule has 9 heteroatoms. The van der Waals surface area contributed by atoms with Gasteiger partial charge < -0.3 is 20.8 Å². The van der Waals surface area contributed by atoms with Crippen molar-refractivity contribution in [3.63, 3.8) is 0 Å². The largest absolute Gasteiger partial charge is 0.507 e. The van der Waals surface area contributed by atoms with Gasteiger partial charge in [-0.1, -0.05) is 66.2 Å². The molecule has 1 unspecified atom stereocenters. The van der Waals surface area contributed by atoms with E-state index in [0.717, 1.165) is 16.7 Å². The van der Waals surface area contributed by atoms with Crippen LogP contribution >= 0.6 is 11.6 Å². The molecule has 2 atom stereocenters. The zero-order chi connectivity index (χ0) is 28.7. The monoisotopic (exact) mass is 578 g/mol. The smallest absolute Gasteiger partial charge is 0.254 e. The van der Waals surface area contributed by atoms with Crippen LogP contribution in [0.1, 0.15) is 33.2 Å². The quantitative estimate of drug-likeness (QED) is 0.205. The van der Waals surface area contributed by atoms with Crippen LogP contribution in [-0.2, 0) is 22.7 Å². The van der Waals surface area contributed by atoms with Gasteiger partial charge in [-0.05, 0) is 78.5 Å². The molecule has 0 aliphatic carbocycles. The van der Waals surface area contributed by atoms with Crippen LogP contribution in [0.15, 0.2) is 107 Å².